The summed E-state index contributed by atoms with van der Waals surface area (Å²) in [7, 11) is 3.37. The van der Waals surface area contributed by atoms with E-state index >= 15 is 0 Å². The van der Waals surface area contributed by atoms with E-state index in [0.29, 0.717) is 17.9 Å². The zero-order chi connectivity index (χ0) is 16.0. The summed E-state index contributed by atoms with van der Waals surface area (Å²) >= 11 is 0. The molecule has 0 radical (unpaired) electrons. The highest BCUT2D eigenvalue weighted by Gasteiger charge is 2.24. The fraction of sp³-hybridized carbons (Fsp3) is 0.667. The molecule has 0 aromatic heterocycles. The first-order valence-electron chi connectivity index (χ1n) is 7.92. The molecule has 0 bridgehead atoms. The van der Waals surface area contributed by atoms with Crippen LogP contribution in [0.15, 0.2) is 12.1 Å². The van der Waals surface area contributed by atoms with E-state index in [-0.39, 0.29) is 0 Å². The van der Waals surface area contributed by atoms with Gasteiger partial charge in [-0.15, -0.1) is 0 Å². The lowest BCUT2D eigenvalue weighted by molar-refractivity contribution is 0.300. The molecule has 120 valence electrons. The molecule has 1 N–H and O–H groups in total. The van der Waals surface area contributed by atoms with Gasteiger partial charge in [-0.25, -0.2) is 0 Å². The van der Waals surface area contributed by atoms with Crippen LogP contribution in [0.3, 0.4) is 0 Å². The van der Waals surface area contributed by atoms with Gasteiger partial charge in [0.1, 0.15) is 0 Å². The number of rotatable bonds is 8. The topological polar surface area (TPSA) is 30.5 Å². The van der Waals surface area contributed by atoms with Gasteiger partial charge in [0.2, 0.25) is 0 Å². The van der Waals surface area contributed by atoms with E-state index in [4.69, 9.17) is 9.47 Å². The standard InChI is InChI=1S/C18H31NO2/c1-8-9-19-18(14(5)12(2)3)15-11-17(21-7)16(20-6)10-13(15)4/h10-12,14,18-19H,8-9H2,1-7H3. The number of benzene rings is 1. The molecule has 0 fully saturated rings. The fourth-order valence-corrected chi connectivity index (χ4v) is 2.60. The molecular formula is C18H31NO2. The van der Waals surface area contributed by atoms with Crippen LogP contribution in [0, 0.1) is 18.8 Å². The molecular weight excluding hydrogens is 262 g/mol. The average molecular weight is 293 g/mol. The van der Waals surface area contributed by atoms with Gasteiger partial charge in [-0.2, -0.15) is 0 Å². The highest BCUT2D eigenvalue weighted by molar-refractivity contribution is 5.48. The van der Waals surface area contributed by atoms with E-state index in [1.165, 1.54) is 11.1 Å². The van der Waals surface area contributed by atoms with Crippen molar-refractivity contribution < 1.29 is 9.47 Å². The number of hydrogen-bond acceptors (Lipinski definition) is 3. The molecule has 0 aliphatic carbocycles. The molecule has 0 amide bonds. The molecule has 1 rings (SSSR count). The second-order valence-electron chi connectivity index (χ2n) is 6.10. The zero-order valence-electron chi connectivity index (χ0n) is 14.6. The van der Waals surface area contributed by atoms with Crippen LogP contribution in [-0.4, -0.2) is 20.8 Å². The Morgan fingerprint density at radius 3 is 2.10 bits per heavy atom. The van der Waals surface area contributed by atoms with Crippen LogP contribution < -0.4 is 14.8 Å². The Labute approximate surface area is 130 Å². The minimum Gasteiger partial charge on any atom is -0.493 e. The Bertz CT molecular complexity index is 443. The van der Waals surface area contributed by atoms with Gasteiger partial charge in [0.15, 0.2) is 11.5 Å². The van der Waals surface area contributed by atoms with E-state index in [1.807, 2.05) is 0 Å². The lowest BCUT2D eigenvalue weighted by Crippen LogP contribution is -2.30. The van der Waals surface area contributed by atoms with Gasteiger partial charge < -0.3 is 14.8 Å². The van der Waals surface area contributed by atoms with Crippen LogP contribution >= 0.6 is 0 Å². The number of nitrogens with one attached hydrogen (secondary N) is 1. The largest absolute Gasteiger partial charge is 0.493 e. The average Bonchev–Trinajstić information content (AvgIpc) is 2.47. The van der Waals surface area contributed by atoms with Crippen molar-refractivity contribution in [1.82, 2.24) is 5.32 Å². The molecule has 0 heterocycles. The minimum atomic E-state index is 0.338. The molecule has 2 atom stereocenters. The van der Waals surface area contributed by atoms with Gasteiger partial charge in [0, 0.05) is 6.04 Å². The molecule has 1 aromatic carbocycles. The summed E-state index contributed by atoms with van der Waals surface area (Å²) in [5.74, 6) is 2.77. The monoisotopic (exact) mass is 293 g/mol. The highest BCUT2D eigenvalue weighted by Crippen LogP contribution is 2.36. The maximum Gasteiger partial charge on any atom is 0.161 e. The Kier molecular flexibility index (Phi) is 7.03. The van der Waals surface area contributed by atoms with Crippen LogP contribution in [0.2, 0.25) is 0 Å². The summed E-state index contributed by atoms with van der Waals surface area (Å²) in [6, 6.07) is 4.53. The lowest BCUT2D eigenvalue weighted by atomic mass is 9.84. The smallest absolute Gasteiger partial charge is 0.161 e. The molecule has 21 heavy (non-hydrogen) atoms. The van der Waals surface area contributed by atoms with Crippen molar-refractivity contribution in [3.63, 3.8) is 0 Å². The minimum absolute atomic E-state index is 0.338. The van der Waals surface area contributed by atoms with Crippen LogP contribution in [-0.2, 0) is 0 Å². The summed E-state index contributed by atoms with van der Waals surface area (Å²) in [6.07, 6.45) is 1.13. The van der Waals surface area contributed by atoms with E-state index < -0.39 is 0 Å². The lowest BCUT2D eigenvalue weighted by Gasteiger charge is -2.30. The van der Waals surface area contributed by atoms with Crippen molar-refractivity contribution in [3.05, 3.63) is 23.3 Å². The summed E-state index contributed by atoms with van der Waals surface area (Å²) in [4.78, 5) is 0. The van der Waals surface area contributed by atoms with Gasteiger partial charge in [0.05, 0.1) is 14.2 Å². The molecule has 3 heteroatoms. The fourth-order valence-electron chi connectivity index (χ4n) is 2.60. The Morgan fingerprint density at radius 1 is 1.05 bits per heavy atom. The Morgan fingerprint density at radius 2 is 1.62 bits per heavy atom. The van der Waals surface area contributed by atoms with Crippen molar-refractivity contribution in [2.24, 2.45) is 11.8 Å². The molecule has 0 aliphatic heterocycles. The van der Waals surface area contributed by atoms with E-state index in [0.717, 1.165) is 24.5 Å². The first kappa shape index (κ1) is 17.8. The van der Waals surface area contributed by atoms with Gasteiger partial charge >= 0.3 is 0 Å². The normalized spacial score (nSPS) is 14.1. The van der Waals surface area contributed by atoms with E-state index in [1.54, 1.807) is 14.2 Å². The highest BCUT2D eigenvalue weighted by atomic mass is 16.5. The maximum atomic E-state index is 5.47. The summed E-state index contributed by atoms with van der Waals surface area (Å²) in [5.41, 5.74) is 2.55. The SMILES string of the molecule is CCCNC(c1cc(OC)c(OC)cc1C)C(C)C(C)C. The van der Waals surface area contributed by atoms with Crippen LogP contribution in [0.5, 0.6) is 11.5 Å². The predicted molar refractivity (Wildman–Crippen MR) is 89.3 cm³/mol. The second-order valence-corrected chi connectivity index (χ2v) is 6.10. The first-order chi connectivity index (χ1) is 9.96. The number of hydrogen-bond donors (Lipinski definition) is 1. The third kappa shape index (κ3) is 4.37. The molecule has 3 nitrogen and oxygen atoms in total. The molecule has 0 saturated carbocycles. The maximum absolute atomic E-state index is 5.47. The number of aryl methyl sites for hydroxylation is 1. The second kappa shape index (κ2) is 8.28. The zero-order valence-corrected chi connectivity index (χ0v) is 14.6. The summed E-state index contributed by atoms with van der Waals surface area (Å²) < 4.78 is 10.9. The third-order valence-corrected chi connectivity index (χ3v) is 4.30. The Hall–Kier alpha value is -1.22. The number of methoxy groups -OCH3 is 2. The summed E-state index contributed by atoms with van der Waals surface area (Å²) in [5, 5.41) is 3.70. The summed E-state index contributed by atoms with van der Waals surface area (Å²) in [6.45, 7) is 12.2. The van der Waals surface area contributed by atoms with Gasteiger partial charge in [-0.05, 0) is 55.0 Å². The van der Waals surface area contributed by atoms with Crippen molar-refractivity contribution in [2.75, 3.05) is 20.8 Å². The molecule has 1 aromatic rings. The van der Waals surface area contributed by atoms with E-state index in [2.05, 4.69) is 52.1 Å². The van der Waals surface area contributed by atoms with Crippen molar-refractivity contribution >= 4 is 0 Å². The van der Waals surface area contributed by atoms with Crippen LogP contribution in [0.1, 0.15) is 51.3 Å². The first-order valence-corrected chi connectivity index (χ1v) is 7.92. The van der Waals surface area contributed by atoms with Crippen molar-refractivity contribution in [1.29, 1.82) is 0 Å². The quantitative estimate of drug-likeness (QED) is 0.773. The third-order valence-electron chi connectivity index (χ3n) is 4.30. The molecule has 2 unspecified atom stereocenters. The number of ether oxygens (including phenoxy) is 2. The predicted octanol–water partition coefficient (Wildman–Crippen LogP) is 4.35. The van der Waals surface area contributed by atoms with Gasteiger partial charge in [-0.3, -0.25) is 0 Å². The molecule has 0 saturated heterocycles. The van der Waals surface area contributed by atoms with Crippen molar-refractivity contribution in [3.8, 4) is 11.5 Å². The Balaban J connectivity index is 3.22. The van der Waals surface area contributed by atoms with Crippen LogP contribution in [0.25, 0.3) is 0 Å². The van der Waals surface area contributed by atoms with E-state index in [9.17, 15) is 0 Å². The van der Waals surface area contributed by atoms with Crippen LogP contribution in [0.4, 0.5) is 0 Å². The molecule has 0 spiro atoms. The van der Waals surface area contributed by atoms with Gasteiger partial charge in [0.25, 0.3) is 0 Å². The van der Waals surface area contributed by atoms with Crippen molar-refractivity contribution in [2.45, 2.75) is 47.1 Å². The van der Waals surface area contributed by atoms with Gasteiger partial charge in [-0.1, -0.05) is 27.7 Å². The molecule has 0 aliphatic rings.